The van der Waals surface area contributed by atoms with Gasteiger partial charge in [-0.15, -0.1) is 0 Å². The molecule has 0 aromatic carbocycles. The molecule has 2 amide bonds. The first-order chi connectivity index (χ1) is 9.44. The smallest absolute Gasteiger partial charge is 0.317 e. The van der Waals surface area contributed by atoms with Gasteiger partial charge in [-0.2, -0.15) is 0 Å². The minimum Gasteiger partial charge on any atom is -0.472 e. The van der Waals surface area contributed by atoms with Crippen LogP contribution in [0, 0.1) is 0 Å². The minimum absolute atomic E-state index is 0.00984. The van der Waals surface area contributed by atoms with Crippen LogP contribution in [-0.2, 0) is 0 Å². The fourth-order valence-corrected chi connectivity index (χ4v) is 2.14. The molecule has 110 valence electrons. The van der Waals surface area contributed by atoms with Crippen molar-refractivity contribution in [2.45, 2.75) is 45.3 Å². The van der Waals surface area contributed by atoms with Crippen LogP contribution < -0.4 is 10.1 Å². The van der Waals surface area contributed by atoms with Gasteiger partial charge in [0.25, 0.3) is 0 Å². The summed E-state index contributed by atoms with van der Waals surface area (Å²) in [7, 11) is 0. The van der Waals surface area contributed by atoms with Crippen LogP contribution in [0.2, 0.25) is 0 Å². The molecule has 0 saturated carbocycles. The van der Waals surface area contributed by atoms with Gasteiger partial charge in [-0.05, 0) is 33.6 Å². The van der Waals surface area contributed by atoms with E-state index in [4.69, 9.17) is 4.74 Å². The molecule has 1 saturated heterocycles. The molecule has 1 aliphatic heterocycles. The van der Waals surface area contributed by atoms with E-state index in [-0.39, 0.29) is 17.7 Å². The minimum atomic E-state index is -0.225. The summed E-state index contributed by atoms with van der Waals surface area (Å²) in [4.78, 5) is 21.9. The Morgan fingerprint density at radius 2 is 2.30 bits per heavy atom. The van der Waals surface area contributed by atoms with Gasteiger partial charge >= 0.3 is 6.03 Å². The van der Waals surface area contributed by atoms with E-state index in [9.17, 15) is 4.79 Å². The highest BCUT2D eigenvalue weighted by atomic mass is 16.5. The Bertz CT molecular complexity index is 444. The standard InChI is InChI=1S/C14H22N4O2/c1-14(2,3)17-13(19)18-8-4-5-11(9-18)20-12-6-7-15-10-16-12/h6-7,10-11H,4-5,8-9H2,1-3H3,(H,17,19)/t11-/m1/s1. The second kappa shape index (κ2) is 6.07. The Kier molecular flexibility index (Phi) is 4.42. The molecule has 1 aromatic rings. The largest absolute Gasteiger partial charge is 0.472 e. The Morgan fingerprint density at radius 1 is 1.50 bits per heavy atom. The van der Waals surface area contributed by atoms with Crippen LogP contribution in [0.5, 0.6) is 5.88 Å². The molecule has 0 aliphatic carbocycles. The predicted octanol–water partition coefficient (Wildman–Crippen LogP) is 1.83. The third-order valence-corrected chi connectivity index (χ3v) is 2.99. The quantitative estimate of drug-likeness (QED) is 0.896. The normalized spacial score (nSPS) is 19.6. The van der Waals surface area contributed by atoms with Gasteiger partial charge in [0.15, 0.2) is 0 Å². The average Bonchev–Trinajstić information content (AvgIpc) is 2.38. The molecule has 1 aromatic heterocycles. The summed E-state index contributed by atoms with van der Waals surface area (Å²) in [6.45, 7) is 7.29. The molecule has 6 nitrogen and oxygen atoms in total. The van der Waals surface area contributed by atoms with Crippen molar-refractivity contribution in [3.8, 4) is 5.88 Å². The third-order valence-electron chi connectivity index (χ3n) is 2.99. The fraction of sp³-hybridized carbons (Fsp3) is 0.643. The van der Waals surface area contributed by atoms with Crippen molar-refractivity contribution < 1.29 is 9.53 Å². The molecule has 1 fully saturated rings. The van der Waals surface area contributed by atoms with Gasteiger partial charge in [0, 0.05) is 24.3 Å². The van der Waals surface area contributed by atoms with Crippen molar-refractivity contribution in [3.63, 3.8) is 0 Å². The molecule has 6 heteroatoms. The van der Waals surface area contributed by atoms with Crippen molar-refractivity contribution in [3.05, 3.63) is 18.6 Å². The predicted molar refractivity (Wildman–Crippen MR) is 75.5 cm³/mol. The van der Waals surface area contributed by atoms with Gasteiger partial charge in [-0.1, -0.05) is 0 Å². The molecule has 20 heavy (non-hydrogen) atoms. The number of amides is 2. The van der Waals surface area contributed by atoms with Crippen molar-refractivity contribution in [1.82, 2.24) is 20.2 Å². The van der Waals surface area contributed by atoms with Crippen LogP contribution in [0.3, 0.4) is 0 Å². The maximum Gasteiger partial charge on any atom is 0.317 e. The lowest BCUT2D eigenvalue weighted by Gasteiger charge is -2.34. The van der Waals surface area contributed by atoms with Gasteiger partial charge < -0.3 is 15.0 Å². The second-order valence-corrected chi connectivity index (χ2v) is 6.06. The zero-order valence-corrected chi connectivity index (χ0v) is 12.3. The number of nitrogens with one attached hydrogen (secondary N) is 1. The molecule has 2 rings (SSSR count). The number of rotatable bonds is 2. The Labute approximate surface area is 119 Å². The first kappa shape index (κ1) is 14.6. The molecule has 0 radical (unpaired) electrons. The van der Waals surface area contributed by atoms with Crippen molar-refractivity contribution in [1.29, 1.82) is 0 Å². The van der Waals surface area contributed by atoms with E-state index < -0.39 is 0 Å². The summed E-state index contributed by atoms with van der Waals surface area (Å²) >= 11 is 0. The molecule has 1 atom stereocenters. The van der Waals surface area contributed by atoms with Crippen LogP contribution in [0.25, 0.3) is 0 Å². The lowest BCUT2D eigenvalue weighted by molar-refractivity contribution is 0.0952. The maximum absolute atomic E-state index is 12.1. The van der Waals surface area contributed by atoms with E-state index >= 15 is 0 Å². The van der Waals surface area contributed by atoms with Gasteiger partial charge in [0.05, 0.1) is 6.54 Å². The fourth-order valence-electron chi connectivity index (χ4n) is 2.14. The zero-order valence-electron chi connectivity index (χ0n) is 12.3. The summed E-state index contributed by atoms with van der Waals surface area (Å²) in [5.41, 5.74) is -0.225. The monoisotopic (exact) mass is 278 g/mol. The Balaban J connectivity index is 1.90. The highest BCUT2D eigenvalue weighted by molar-refractivity contribution is 5.75. The molecule has 2 heterocycles. The van der Waals surface area contributed by atoms with Gasteiger partial charge in [-0.3, -0.25) is 0 Å². The van der Waals surface area contributed by atoms with E-state index in [0.717, 1.165) is 19.4 Å². The number of hydrogen-bond donors (Lipinski definition) is 1. The highest BCUT2D eigenvalue weighted by Gasteiger charge is 2.27. The number of urea groups is 1. The molecular weight excluding hydrogens is 256 g/mol. The van der Waals surface area contributed by atoms with E-state index in [1.165, 1.54) is 6.33 Å². The molecule has 1 aliphatic rings. The van der Waals surface area contributed by atoms with E-state index in [2.05, 4.69) is 15.3 Å². The average molecular weight is 278 g/mol. The molecule has 0 bridgehead atoms. The van der Waals surface area contributed by atoms with Crippen molar-refractivity contribution >= 4 is 6.03 Å². The third kappa shape index (κ3) is 4.36. The number of likely N-dealkylation sites (tertiary alicyclic amines) is 1. The number of ether oxygens (including phenoxy) is 1. The Hall–Kier alpha value is -1.85. The summed E-state index contributed by atoms with van der Waals surface area (Å²) < 4.78 is 5.79. The van der Waals surface area contributed by atoms with Crippen molar-refractivity contribution in [2.75, 3.05) is 13.1 Å². The lowest BCUT2D eigenvalue weighted by atomic mass is 10.1. The highest BCUT2D eigenvalue weighted by Crippen LogP contribution is 2.16. The van der Waals surface area contributed by atoms with Crippen LogP contribution >= 0.6 is 0 Å². The number of hydrogen-bond acceptors (Lipinski definition) is 4. The Morgan fingerprint density at radius 3 is 2.95 bits per heavy atom. The van der Waals surface area contributed by atoms with Crippen LogP contribution in [0.4, 0.5) is 4.79 Å². The first-order valence-corrected chi connectivity index (χ1v) is 6.94. The lowest BCUT2D eigenvalue weighted by Crippen LogP contribution is -2.53. The number of carbonyl (C=O) groups is 1. The topological polar surface area (TPSA) is 67.4 Å². The summed E-state index contributed by atoms with van der Waals surface area (Å²) in [5, 5.41) is 2.98. The van der Waals surface area contributed by atoms with Crippen LogP contribution in [0.1, 0.15) is 33.6 Å². The molecule has 1 N–H and O–H groups in total. The molecule has 0 spiro atoms. The first-order valence-electron chi connectivity index (χ1n) is 6.94. The van der Waals surface area contributed by atoms with Gasteiger partial charge in [-0.25, -0.2) is 14.8 Å². The van der Waals surface area contributed by atoms with Gasteiger partial charge in [0.1, 0.15) is 12.4 Å². The molecule has 0 unspecified atom stereocenters. The number of piperidine rings is 1. The zero-order chi connectivity index (χ0) is 14.6. The number of aromatic nitrogens is 2. The summed E-state index contributed by atoms with van der Waals surface area (Å²) in [6.07, 6.45) is 4.97. The number of nitrogens with zero attached hydrogens (tertiary/aromatic N) is 3. The SMILES string of the molecule is CC(C)(C)NC(=O)N1CCC[C@@H](Oc2ccncn2)C1. The van der Waals surface area contributed by atoms with Gasteiger partial charge in [0.2, 0.25) is 5.88 Å². The van der Waals surface area contributed by atoms with Crippen molar-refractivity contribution in [2.24, 2.45) is 0 Å². The van der Waals surface area contributed by atoms with E-state index in [0.29, 0.717) is 12.4 Å². The molecular formula is C14H22N4O2. The van der Waals surface area contributed by atoms with E-state index in [1.54, 1.807) is 17.2 Å². The summed E-state index contributed by atoms with van der Waals surface area (Å²) in [6, 6.07) is 1.70. The van der Waals surface area contributed by atoms with Crippen LogP contribution in [0.15, 0.2) is 18.6 Å². The maximum atomic E-state index is 12.1. The second-order valence-electron chi connectivity index (χ2n) is 6.06. The summed E-state index contributed by atoms with van der Waals surface area (Å²) in [5.74, 6) is 0.558. The van der Waals surface area contributed by atoms with E-state index in [1.807, 2.05) is 20.8 Å². The van der Waals surface area contributed by atoms with Crippen LogP contribution in [-0.4, -0.2) is 45.6 Å². The number of carbonyl (C=O) groups excluding carboxylic acids is 1.